The van der Waals surface area contributed by atoms with Crippen molar-refractivity contribution in [1.82, 2.24) is 0 Å². The van der Waals surface area contributed by atoms with Gasteiger partial charge in [-0.2, -0.15) is 0 Å². The molecule has 1 aromatic carbocycles. The molecule has 1 aliphatic carbocycles. The minimum Gasteiger partial charge on any atom is -0.465 e. The van der Waals surface area contributed by atoms with Crippen LogP contribution in [0.2, 0.25) is 0 Å². The van der Waals surface area contributed by atoms with Gasteiger partial charge in [-0.3, -0.25) is 9.00 Å². The first-order valence-corrected chi connectivity index (χ1v) is 13.2. The first-order chi connectivity index (χ1) is 14.9. The Labute approximate surface area is 192 Å². The molecule has 1 amide bonds. The second-order valence-corrected chi connectivity index (χ2v) is 10.5. The summed E-state index contributed by atoms with van der Waals surface area (Å²) >= 11 is 1.34. The zero-order chi connectivity index (χ0) is 22.8. The Hall–Kier alpha value is -1.99. The molecular weight excluding hydrogens is 430 g/mol. The van der Waals surface area contributed by atoms with Gasteiger partial charge in [0, 0.05) is 33.7 Å². The third-order valence-electron chi connectivity index (χ3n) is 5.37. The summed E-state index contributed by atoms with van der Waals surface area (Å²) in [6.07, 6.45) is 9.70. The molecule has 2 atom stereocenters. The Morgan fingerprint density at radius 2 is 1.90 bits per heavy atom. The van der Waals surface area contributed by atoms with Gasteiger partial charge in [-0.05, 0) is 24.5 Å². The Morgan fingerprint density at radius 1 is 1.26 bits per heavy atom. The standard InChI is InChI=1S/C17H19NO4S2.C7H14/c1-12(10-24(3)21)18(11-19)16-14(17(20)22-2)9-15(23-16)13-7-5-4-6-8-13;1-7-5-3-2-4-6-7/h4-9,11-12H,10H2,1-3H3;7H,2-6H2,1H3. The molecule has 2 unspecified atom stereocenters. The number of methoxy groups -OCH3 is 1. The van der Waals surface area contributed by atoms with Crippen molar-refractivity contribution < 1.29 is 18.5 Å². The minimum absolute atomic E-state index is 0.293. The third kappa shape index (κ3) is 7.58. The van der Waals surface area contributed by atoms with Crippen LogP contribution in [0.5, 0.6) is 0 Å². The molecule has 5 nitrogen and oxygen atoms in total. The predicted octanol–water partition coefficient (Wildman–Crippen LogP) is 5.52. The maximum Gasteiger partial charge on any atom is 0.340 e. The van der Waals surface area contributed by atoms with E-state index in [9.17, 15) is 13.8 Å². The molecule has 0 saturated heterocycles. The maximum absolute atomic E-state index is 12.1. The van der Waals surface area contributed by atoms with Crippen LogP contribution in [0.15, 0.2) is 36.4 Å². The van der Waals surface area contributed by atoms with Gasteiger partial charge in [0.05, 0.1) is 12.7 Å². The zero-order valence-corrected chi connectivity index (χ0v) is 20.5. The number of hydrogen-bond acceptors (Lipinski definition) is 5. The van der Waals surface area contributed by atoms with Gasteiger partial charge in [-0.25, -0.2) is 4.79 Å². The van der Waals surface area contributed by atoms with E-state index in [1.54, 1.807) is 19.2 Å². The van der Waals surface area contributed by atoms with Crippen molar-refractivity contribution in [2.24, 2.45) is 5.92 Å². The summed E-state index contributed by atoms with van der Waals surface area (Å²) in [5, 5.41) is 0.508. The maximum atomic E-state index is 12.1. The van der Waals surface area contributed by atoms with Gasteiger partial charge >= 0.3 is 5.97 Å². The largest absolute Gasteiger partial charge is 0.465 e. The summed E-state index contributed by atoms with van der Waals surface area (Å²) in [5.74, 6) is 0.867. The van der Waals surface area contributed by atoms with Crippen molar-refractivity contribution in [2.75, 3.05) is 24.0 Å². The van der Waals surface area contributed by atoms with E-state index in [1.807, 2.05) is 30.3 Å². The number of rotatable bonds is 7. The topological polar surface area (TPSA) is 63.7 Å². The van der Waals surface area contributed by atoms with Gasteiger partial charge in [0.1, 0.15) is 5.00 Å². The van der Waals surface area contributed by atoms with Crippen molar-refractivity contribution in [1.29, 1.82) is 0 Å². The van der Waals surface area contributed by atoms with Crippen LogP contribution < -0.4 is 4.90 Å². The van der Waals surface area contributed by atoms with Crippen molar-refractivity contribution in [3.05, 3.63) is 42.0 Å². The number of ether oxygens (including phenoxy) is 1. The molecule has 0 bridgehead atoms. The lowest BCUT2D eigenvalue weighted by Gasteiger charge is -2.23. The molecule has 1 saturated carbocycles. The van der Waals surface area contributed by atoms with Crippen molar-refractivity contribution >= 4 is 39.5 Å². The molecular formula is C24H33NO4S2. The average molecular weight is 464 g/mol. The minimum atomic E-state index is -1.05. The fourth-order valence-electron chi connectivity index (χ4n) is 3.65. The molecule has 1 aliphatic rings. The average Bonchev–Trinajstić information content (AvgIpc) is 3.20. The van der Waals surface area contributed by atoms with E-state index in [2.05, 4.69) is 6.92 Å². The Morgan fingerprint density at radius 3 is 2.39 bits per heavy atom. The van der Waals surface area contributed by atoms with E-state index in [-0.39, 0.29) is 6.04 Å². The number of anilines is 1. The number of thiophene rings is 1. The monoisotopic (exact) mass is 463 g/mol. The van der Waals surface area contributed by atoms with Gasteiger partial charge in [0.15, 0.2) is 0 Å². The van der Waals surface area contributed by atoms with E-state index in [0.29, 0.717) is 22.7 Å². The van der Waals surface area contributed by atoms with Crippen molar-refractivity contribution in [3.63, 3.8) is 0 Å². The number of nitrogens with zero attached hydrogens (tertiary/aromatic N) is 1. The second-order valence-electron chi connectivity index (χ2n) is 8.03. The normalized spacial score (nSPS) is 15.9. The van der Waals surface area contributed by atoms with Gasteiger partial charge in [0.25, 0.3) is 0 Å². The molecule has 1 heterocycles. The van der Waals surface area contributed by atoms with Crippen LogP contribution in [0.25, 0.3) is 10.4 Å². The summed E-state index contributed by atoms with van der Waals surface area (Å²) in [6.45, 7) is 4.16. The number of hydrogen-bond donors (Lipinski definition) is 0. The van der Waals surface area contributed by atoms with Crippen LogP contribution in [0, 0.1) is 5.92 Å². The van der Waals surface area contributed by atoms with Gasteiger partial charge in [0.2, 0.25) is 6.41 Å². The highest BCUT2D eigenvalue weighted by atomic mass is 32.2. The number of carbonyl (C=O) groups is 2. The molecule has 3 rings (SSSR count). The highest BCUT2D eigenvalue weighted by Crippen LogP contribution is 2.38. The molecule has 31 heavy (non-hydrogen) atoms. The summed E-state index contributed by atoms with van der Waals surface area (Å²) in [4.78, 5) is 26.1. The Kier molecular flexibility index (Phi) is 10.4. The van der Waals surface area contributed by atoms with Crippen molar-refractivity contribution in [3.8, 4) is 10.4 Å². The first kappa shape index (κ1) is 25.3. The van der Waals surface area contributed by atoms with Crippen molar-refractivity contribution in [2.45, 2.75) is 52.0 Å². The lowest BCUT2D eigenvalue weighted by Crippen LogP contribution is -2.36. The first-order valence-electron chi connectivity index (χ1n) is 10.7. The predicted molar refractivity (Wildman–Crippen MR) is 130 cm³/mol. The molecule has 7 heteroatoms. The number of benzene rings is 1. The SMILES string of the molecule is CC1CCCCC1.COC(=O)c1cc(-c2ccccc2)sc1N(C=O)C(C)CS(C)=O. The molecule has 170 valence electrons. The lowest BCUT2D eigenvalue weighted by atomic mass is 9.91. The fraction of sp³-hybridized carbons (Fsp3) is 0.500. The van der Waals surface area contributed by atoms with Gasteiger partial charge < -0.3 is 9.64 Å². The fourth-order valence-corrected chi connectivity index (χ4v) is 5.71. The smallest absolute Gasteiger partial charge is 0.340 e. The molecule has 2 aromatic rings. The lowest BCUT2D eigenvalue weighted by molar-refractivity contribution is -0.107. The van der Waals surface area contributed by atoms with Crippen LogP contribution in [0.4, 0.5) is 5.00 Å². The number of amides is 1. The molecule has 0 spiro atoms. The summed E-state index contributed by atoms with van der Waals surface area (Å²) < 4.78 is 16.3. The summed E-state index contributed by atoms with van der Waals surface area (Å²) in [5.41, 5.74) is 1.29. The molecule has 1 aromatic heterocycles. The summed E-state index contributed by atoms with van der Waals surface area (Å²) in [7, 11) is 0.255. The van der Waals surface area contributed by atoms with Crippen LogP contribution in [0.1, 0.15) is 56.3 Å². The third-order valence-corrected chi connectivity index (χ3v) is 7.52. The van der Waals surface area contributed by atoms with E-state index < -0.39 is 16.8 Å². The van der Waals surface area contributed by atoms with E-state index in [4.69, 9.17) is 4.74 Å². The Balaban J connectivity index is 0.000000412. The number of carbonyl (C=O) groups excluding carboxylic acids is 2. The van der Waals surface area contributed by atoms with Crippen LogP contribution >= 0.6 is 11.3 Å². The summed E-state index contributed by atoms with van der Waals surface area (Å²) in [6, 6.07) is 11.0. The van der Waals surface area contributed by atoms with Crippen LogP contribution in [0.3, 0.4) is 0 Å². The molecule has 0 aliphatic heterocycles. The number of esters is 1. The van der Waals surface area contributed by atoms with Crippen LogP contribution in [-0.2, 0) is 20.3 Å². The quantitative estimate of drug-likeness (QED) is 0.401. The highest BCUT2D eigenvalue weighted by Gasteiger charge is 2.25. The highest BCUT2D eigenvalue weighted by molar-refractivity contribution is 7.84. The van der Waals surface area contributed by atoms with Gasteiger partial charge in [-0.1, -0.05) is 69.4 Å². The van der Waals surface area contributed by atoms with E-state index in [1.165, 1.54) is 55.5 Å². The molecule has 0 radical (unpaired) electrons. The second kappa shape index (κ2) is 12.8. The zero-order valence-electron chi connectivity index (χ0n) is 18.8. The van der Waals surface area contributed by atoms with E-state index >= 15 is 0 Å². The Bertz CT molecular complexity index is 860. The van der Waals surface area contributed by atoms with Crippen LogP contribution in [-0.4, -0.2) is 41.7 Å². The van der Waals surface area contributed by atoms with Gasteiger partial charge in [-0.15, -0.1) is 11.3 Å². The molecule has 1 fully saturated rings. The molecule has 0 N–H and O–H groups in total. The van der Waals surface area contributed by atoms with E-state index in [0.717, 1.165) is 16.4 Å².